The molecule has 1 saturated heterocycles. The highest BCUT2D eigenvalue weighted by molar-refractivity contribution is 5.33. The quantitative estimate of drug-likeness (QED) is 0.839. The molecule has 0 bridgehead atoms. The van der Waals surface area contributed by atoms with Crippen molar-refractivity contribution in [2.75, 3.05) is 19.6 Å². The lowest BCUT2D eigenvalue weighted by molar-refractivity contribution is 0.116. The van der Waals surface area contributed by atoms with Crippen molar-refractivity contribution in [3.63, 3.8) is 0 Å². The summed E-state index contributed by atoms with van der Waals surface area (Å²) in [4.78, 5) is 2.68. The van der Waals surface area contributed by atoms with E-state index in [9.17, 15) is 0 Å². The first-order valence-corrected chi connectivity index (χ1v) is 6.93. The Balaban J connectivity index is 1.83. The molecule has 17 heavy (non-hydrogen) atoms. The van der Waals surface area contributed by atoms with Crippen LogP contribution < -0.4 is 5.32 Å². The fourth-order valence-corrected chi connectivity index (χ4v) is 3.43. The lowest BCUT2D eigenvalue weighted by atomic mass is 9.85. The summed E-state index contributed by atoms with van der Waals surface area (Å²) in [6.07, 6.45) is 3.83. The summed E-state index contributed by atoms with van der Waals surface area (Å²) in [5, 5.41) is 3.62. The van der Waals surface area contributed by atoms with Crippen molar-refractivity contribution in [1.29, 1.82) is 0 Å². The average Bonchev–Trinajstić information content (AvgIpc) is 2.39. The molecule has 0 unspecified atom stereocenters. The third-order valence-corrected chi connectivity index (χ3v) is 4.29. The summed E-state index contributed by atoms with van der Waals surface area (Å²) in [7, 11) is 0. The molecule has 2 heteroatoms. The first kappa shape index (κ1) is 11.2. The highest BCUT2D eigenvalue weighted by Gasteiger charge is 2.32. The summed E-state index contributed by atoms with van der Waals surface area (Å²) in [5.74, 6) is 0. The van der Waals surface area contributed by atoms with E-state index in [4.69, 9.17) is 0 Å². The number of piperidine rings is 1. The number of fused-ring (bicyclic) bond motifs is 3. The summed E-state index contributed by atoms with van der Waals surface area (Å²) in [5.41, 5.74) is 3.16. The third kappa shape index (κ3) is 2.12. The Hall–Kier alpha value is -0.860. The highest BCUT2D eigenvalue weighted by atomic mass is 15.2. The van der Waals surface area contributed by atoms with Gasteiger partial charge in [-0.3, -0.25) is 4.90 Å². The smallest absolute Gasteiger partial charge is 0.0365 e. The van der Waals surface area contributed by atoms with Crippen molar-refractivity contribution in [2.24, 2.45) is 0 Å². The van der Waals surface area contributed by atoms with Crippen LogP contribution in [0.4, 0.5) is 0 Å². The van der Waals surface area contributed by atoms with Crippen LogP contribution in [-0.2, 0) is 6.42 Å². The second-order valence-electron chi connectivity index (χ2n) is 5.28. The van der Waals surface area contributed by atoms with E-state index in [2.05, 4.69) is 41.4 Å². The fourth-order valence-electron chi connectivity index (χ4n) is 3.43. The van der Waals surface area contributed by atoms with Gasteiger partial charge in [0.1, 0.15) is 0 Å². The average molecular weight is 230 g/mol. The molecule has 3 rings (SSSR count). The molecule has 0 spiro atoms. The summed E-state index contributed by atoms with van der Waals surface area (Å²) >= 11 is 0. The minimum atomic E-state index is 0.665. The van der Waals surface area contributed by atoms with Crippen molar-refractivity contribution in [2.45, 2.75) is 38.3 Å². The molecule has 1 aromatic rings. The zero-order valence-electron chi connectivity index (χ0n) is 10.7. The van der Waals surface area contributed by atoms with E-state index in [1.165, 1.54) is 32.4 Å². The van der Waals surface area contributed by atoms with Gasteiger partial charge in [-0.15, -0.1) is 0 Å². The van der Waals surface area contributed by atoms with Gasteiger partial charge in [0.05, 0.1) is 0 Å². The van der Waals surface area contributed by atoms with E-state index in [0.717, 1.165) is 6.54 Å². The lowest BCUT2D eigenvalue weighted by Crippen LogP contribution is -2.46. The van der Waals surface area contributed by atoms with Crippen molar-refractivity contribution >= 4 is 0 Å². The van der Waals surface area contributed by atoms with Crippen molar-refractivity contribution in [3.05, 3.63) is 35.4 Å². The van der Waals surface area contributed by atoms with Gasteiger partial charge in [0.15, 0.2) is 0 Å². The normalized spacial score (nSPS) is 28.5. The molecule has 2 atom stereocenters. The van der Waals surface area contributed by atoms with Crippen molar-refractivity contribution in [1.82, 2.24) is 10.2 Å². The second kappa shape index (κ2) is 4.79. The van der Waals surface area contributed by atoms with Crippen LogP contribution >= 0.6 is 0 Å². The summed E-state index contributed by atoms with van der Waals surface area (Å²) < 4.78 is 0. The van der Waals surface area contributed by atoms with Gasteiger partial charge in [0, 0.05) is 25.2 Å². The van der Waals surface area contributed by atoms with Gasteiger partial charge >= 0.3 is 0 Å². The zero-order valence-corrected chi connectivity index (χ0v) is 10.7. The largest absolute Gasteiger partial charge is 0.314 e. The van der Waals surface area contributed by atoms with Gasteiger partial charge in [-0.25, -0.2) is 0 Å². The number of hydrogen-bond acceptors (Lipinski definition) is 2. The molecule has 1 fully saturated rings. The summed E-state index contributed by atoms with van der Waals surface area (Å²) in [6, 6.07) is 10.4. The van der Waals surface area contributed by atoms with Crippen LogP contribution in [0.2, 0.25) is 0 Å². The molecule has 1 N–H and O–H groups in total. The summed E-state index contributed by atoms with van der Waals surface area (Å²) in [6.45, 7) is 5.82. The molecule has 0 saturated carbocycles. The lowest BCUT2D eigenvalue weighted by Gasteiger charge is -2.43. The predicted molar refractivity (Wildman–Crippen MR) is 71.2 cm³/mol. The van der Waals surface area contributed by atoms with Crippen LogP contribution in [0.3, 0.4) is 0 Å². The maximum atomic E-state index is 3.62. The van der Waals surface area contributed by atoms with E-state index in [-0.39, 0.29) is 0 Å². The number of nitrogens with one attached hydrogen (secondary N) is 1. The SMILES string of the molecule is CCN[C@H]1CCN2CCc3ccccc3[C@H]2C1. The van der Waals surface area contributed by atoms with Gasteiger partial charge in [0.25, 0.3) is 0 Å². The monoisotopic (exact) mass is 230 g/mol. The Morgan fingerprint density at radius 2 is 2.18 bits per heavy atom. The van der Waals surface area contributed by atoms with Crippen molar-refractivity contribution < 1.29 is 0 Å². The molecule has 92 valence electrons. The molecule has 1 aromatic carbocycles. The van der Waals surface area contributed by atoms with E-state index in [0.29, 0.717) is 12.1 Å². The number of hydrogen-bond donors (Lipinski definition) is 1. The molecule has 2 heterocycles. The molecule has 0 radical (unpaired) electrons. The Kier molecular flexibility index (Phi) is 3.17. The molecule has 0 aromatic heterocycles. The third-order valence-electron chi connectivity index (χ3n) is 4.29. The minimum absolute atomic E-state index is 0.665. The fraction of sp³-hybridized carbons (Fsp3) is 0.600. The number of nitrogens with zero attached hydrogens (tertiary/aromatic N) is 1. The molecule has 2 aliphatic rings. The van der Waals surface area contributed by atoms with E-state index in [1.807, 2.05) is 0 Å². The van der Waals surface area contributed by atoms with Crippen LogP contribution in [0, 0.1) is 0 Å². The van der Waals surface area contributed by atoms with Gasteiger partial charge in [0.2, 0.25) is 0 Å². The van der Waals surface area contributed by atoms with Gasteiger partial charge in [-0.05, 0) is 36.9 Å². The Labute approximate surface area is 104 Å². The van der Waals surface area contributed by atoms with Crippen LogP contribution in [0.5, 0.6) is 0 Å². The molecule has 0 amide bonds. The maximum Gasteiger partial charge on any atom is 0.0365 e. The molecule has 2 aliphatic heterocycles. The van der Waals surface area contributed by atoms with E-state index in [1.54, 1.807) is 11.1 Å². The van der Waals surface area contributed by atoms with Crippen molar-refractivity contribution in [3.8, 4) is 0 Å². The molecule has 0 aliphatic carbocycles. The van der Waals surface area contributed by atoms with Crippen LogP contribution in [-0.4, -0.2) is 30.6 Å². The van der Waals surface area contributed by atoms with E-state index < -0.39 is 0 Å². The number of benzene rings is 1. The standard InChI is InChI=1S/C15H22N2/c1-2-16-13-8-10-17-9-7-12-5-3-4-6-14(12)15(17)11-13/h3-6,13,15-16H,2,7-11H2,1H3/t13-,15+/m0/s1. The first-order valence-electron chi connectivity index (χ1n) is 6.93. The Morgan fingerprint density at radius 3 is 3.06 bits per heavy atom. The molecular weight excluding hydrogens is 208 g/mol. The second-order valence-corrected chi connectivity index (χ2v) is 5.28. The maximum absolute atomic E-state index is 3.62. The van der Waals surface area contributed by atoms with Crippen LogP contribution in [0.15, 0.2) is 24.3 Å². The van der Waals surface area contributed by atoms with Gasteiger partial charge in [-0.2, -0.15) is 0 Å². The van der Waals surface area contributed by atoms with E-state index >= 15 is 0 Å². The minimum Gasteiger partial charge on any atom is -0.314 e. The Morgan fingerprint density at radius 1 is 1.29 bits per heavy atom. The number of rotatable bonds is 2. The van der Waals surface area contributed by atoms with Gasteiger partial charge in [-0.1, -0.05) is 31.2 Å². The van der Waals surface area contributed by atoms with Crippen LogP contribution in [0.1, 0.15) is 36.9 Å². The molecular formula is C15H22N2. The van der Waals surface area contributed by atoms with Gasteiger partial charge < -0.3 is 5.32 Å². The molecule has 2 nitrogen and oxygen atoms in total. The first-order chi connectivity index (χ1) is 8.38. The van der Waals surface area contributed by atoms with Crippen LogP contribution in [0.25, 0.3) is 0 Å². The topological polar surface area (TPSA) is 15.3 Å². The zero-order chi connectivity index (χ0) is 11.7. The Bertz CT molecular complexity index is 388. The predicted octanol–water partition coefficient (Wildman–Crippen LogP) is 2.36. The highest BCUT2D eigenvalue weighted by Crippen LogP contribution is 2.36.